The van der Waals surface area contributed by atoms with E-state index >= 15 is 0 Å². The van der Waals surface area contributed by atoms with Crippen molar-refractivity contribution in [3.63, 3.8) is 0 Å². The van der Waals surface area contributed by atoms with Gasteiger partial charge in [0.2, 0.25) is 0 Å². The van der Waals surface area contributed by atoms with Crippen LogP contribution in [0.15, 0.2) is 18.2 Å². The van der Waals surface area contributed by atoms with E-state index < -0.39 is 18.9 Å². The molecular weight excluding hydrogens is 324 g/mol. The molecule has 1 aromatic rings. The zero-order valence-corrected chi connectivity index (χ0v) is 11.9. The van der Waals surface area contributed by atoms with E-state index in [1.54, 1.807) is 0 Å². The number of amides is 1. The summed E-state index contributed by atoms with van der Waals surface area (Å²) in [5.74, 6) is -0.548. The highest BCUT2D eigenvalue weighted by Gasteiger charge is 2.21. The van der Waals surface area contributed by atoms with Gasteiger partial charge in [0.25, 0.3) is 12.3 Å². The molecule has 0 bridgehead atoms. The monoisotopic (exact) mass is 337 g/mol. The van der Waals surface area contributed by atoms with Gasteiger partial charge in [-0.15, -0.1) is 0 Å². The Morgan fingerprint density at radius 2 is 2.21 bits per heavy atom. The third kappa shape index (κ3) is 4.34. The number of ether oxygens (including phenoxy) is 1. The van der Waals surface area contributed by atoms with Crippen molar-refractivity contribution in [2.24, 2.45) is 0 Å². The Morgan fingerprint density at radius 3 is 2.68 bits per heavy atom. The van der Waals surface area contributed by atoms with Crippen LogP contribution in [0.1, 0.15) is 10.4 Å². The number of aromatic hydroxyl groups is 1. The number of phenolic OH excluding ortho intramolecular Hbond substituents is 1. The van der Waals surface area contributed by atoms with Gasteiger partial charge in [0, 0.05) is 17.9 Å². The molecule has 0 spiro atoms. The average molecular weight is 338 g/mol. The van der Waals surface area contributed by atoms with Crippen LogP contribution in [0.5, 0.6) is 11.5 Å². The van der Waals surface area contributed by atoms with Crippen molar-refractivity contribution in [2.75, 3.05) is 25.5 Å². The first kappa shape index (κ1) is 15.7. The molecule has 0 aliphatic rings. The van der Waals surface area contributed by atoms with E-state index in [0.717, 1.165) is 4.90 Å². The molecule has 19 heavy (non-hydrogen) atoms. The molecule has 106 valence electrons. The second kappa shape index (κ2) is 7.28. The minimum absolute atomic E-state index is 0.0256. The molecule has 7 heteroatoms. The Hall–Kier alpha value is -1.37. The fourth-order valence-corrected chi connectivity index (χ4v) is 1.96. The lowest BCUT2D eigenvalue weighted by Crippen LogP contribution is -2.36. The maximum atomic E-state index is 12.4. The van der Waals surface area contributed by atoms with Crippen LogP contribution in [-0.2, 0) is 0 Å². The molecule has 0 saturated heterocycles. The van der Waals surface area contributed by atoms with Crippen molar-refractivity contribution in [3.8, 4) is 11.5 Å². The smallest absolute Gasteiger partial charge is 0.257 e. The quantitative estimate of drug-likeness (QED) is 0.811. The fraction of sp³-hybridized carbons (Fsp3) is 0.417. The Balaban J connectivity index is 2.95. The first-order valence-corrected chi connectivity index (χ1v) is 6.62. The van der Waals surface area contributed by atoms with Gasteiger partial charge in [-0.05, 0) is 12.1 Å². The highest BCUT2D eigenvalue weighted by Crippen LogP contribution is 2.24. The number of hydrogen-bond acceptors (Lipinski definition) is 3. The van der Waals surface area contributed by atoms with E-state index in [-0.39, 0.29) is 17.9 Å². The lowest BCUT2D eigenvalue weighted by Gasteiger charge is -2.21. The molecule has 0 aliphatic heterocycles. The summed E-state index contributed by atoms with van der Waals surface area (Å²) >= 11 is 3.10. The largest absolute Gasteiger partial charge is 0.507 e. The lowest BCUT2D eigenvalue weighted by molar-refractivity contribution is 0.0570. The molecule has 4 nitrogen and oxygen atoms in total. The van der Waals surface area contributed by atoms with Crippen molar-refractivity contribution in [2.45, 2.75) is 6.43 Å². The lowest BCUT2D eigenvalue weighted by atomic mass is 10.1. The van der Waals surface area contributed by atoms with Gasteiger partial charge in [-0.2, -0.15) is 0 Å². The molecule has 1 N–H and O–H groups in total. The molecule has 1 rings (SSSR count). The van der Waals surface area contributed by atoms with Gasteiger partial charge in [0.15, 0.2) is 0 Å². The standard InChI is InChI=1S/C12H14BrF2NO3/c1-19-8-2-3-9(10(17)6-8)12(18)16(5-4-13)7-11(14)15/h2-3,6,11,17H,4-5,7H2,1H3. The zero-order valence-electron chi connectivity index (χ0n) is 10.3. The molecule has 1 amide bonds. The number of hydrogen-bond donors (Lipinski definition) is 1. The van der Waals surface area contributed by atoms with Crippen LogP contribution in [0, 0.1) is 0 Å². The van der Waals surface area contributed by atoms with Crippen LogP contribution < -0.4 is 4.74 Å². The maximum Gasteiger partial charge on any atom is 0.257 e. The third-order valence-electron chi connectivity index (χ3n) is 2.44. The molecule has 0 unspecified atom stereocenters. The summed E-state index contributed by atoms with van der Waals surface area (Å²) in [7, 11) is 1.42. The van der Waals surface area contributed by atoms with E-state index in [0.29, 0.717) is 11.1 Å². The number of alkyl halides is 3. The van der Waals surface area contributed by atoms with Gasteiger partial charge in [-0.25, -0.2) is 8.78 Å². The van der Waals surface area contributed by atoms with Crippen molar-refractivity contribution in [1.82, 2.24) is 4.90 Å². The fourth-order valence-electron chi connectivity index (χ4n) is 1.53. The number of nitrogens with zero attached hydrogens (tertiary/aromatic N) is 1. The zero-order chi connectivity index (χ0) is 14.4. The topological polar surface area (TPSA) is 49.8 Å². The van der Waals surface area contributed by atoms with E-state index in [1.807, 2.05) is 0 Å². The number of phenols is 1. The van der Waals surface area contributed by atoms with Crippen LogP contribution in [-0.4, -0.2) is 47.9 Å². The number of carbonyl (C=O) groups excluding carboxylic acids is 1. The first-order chi connectivity index (χ1) is 8.99. The van der Waals surface area contributed by atoms with E-state index in [4.69, 9.17) is 4.74 Å². The summed E-state index contributed by atoms with van der Waals surface area (Å²) < 4.78 is 29.7. The Morgan fingerprint density at radius 1 is 1.53 bits per heavy atom. The van der Waals surface area contributed by atoms with Crippen molar-refractivity contribution in [3.05, 3.63) is 23.8 Å². The number of rotatable bonds is 6. The second-order valence-corrected chi connectivity index (χ2v) is 4.51. The third-order valence-corrected chi connectivity index (χ3v) is 2.79. The maximum absolute atomic E-state index is 12.4. The number of halogens is 3. The normalized spacial score (nSPS) is 10.6. The molecule has 0 atom stereocenters. The van der Waals surface area contributed by atoms with Gasteiger partial charge >= 0.3 is 0 Å². The van der Waals surface area contributed by atoms with Gasteiger partial charge < -0.3 is 14.7 Å². The van der Waals surface area contributed by atoms with Crippen LogP contribution >= 0.6 is 15.9 Å². The molecular formula is C12H14BrF2NO3. The minimum atomic E-state index is -2.62. The van der Waals surface area contributed by atoms with E-state index in [2.05, 4.69) is 15.9 Å². The van der Waals surface area contributed by atoms with E-state index in [9.17, 15) is 18.7 Å². The highest BCUT2D eigenvalue weighted by atomic mass is 79.9. The van der Waals surface area contributed by atoms with Crippen molar-refractivity contribution in [1.29, 1.82) is 0 Å². The van der Waals surface area contributed by atoms with Crippen LogP contribution in [0.4, 0.5) is 8.78 Å². The molecule has 0 heterocycles. The highest BCUT2D eigenvalue weighted by molar-refractivity contribution is 9.09. The number of methoxy groups -OCH3 is 1. The molecule has 1 aromatic carbocycles. The summed E-state index contributed by atoms with van der Waals surface area (Å²) in [6.45, 7) is -0.537. The second-order valence-electron chi connectivity index (χ2n) is 3.71. The summed E-state index contributed by atoms with van der Waals surface area (Å²) in [5, 5.41) is 10.1. The van der Waals surface area contributed by atoms with E-state index in [1.165, 1.54) is 25.3 Å². The molecule has 0 radical (unpaired) electrons. The minimum Gasteiger partial charge on any atom is -0.507 e. The van der Waals surface area contributed by atoms with Crippen LogP contribution in [0.2, 0.25) is 0 Å². The predicted molar refractivity (Wildman–Crippen MR) is 70.4 cm³/mol. The van der Waals surface area contributed by atoms with Gasteiger partial charge in [-0.3, -0.25) is 4.79 Å². The molecule has 0 aromatic heterocycles. The van der Waals surface area contributed by atoms with Crippen LogP contribution in [0.3, 0.4) is 0 Å². The molecule has 0 fully saturated rings. The Labute approximate surface area is 118 Å². The summed E-state index contributed by atoms with van der Waals surface area (Å²) in [6.07, 6.45) is -2.62. The Kier molecular flexibility index (Phi) is 6.01. The predicted octanol–water partition coefficient (Wildman–Crippen LogP) is 2.50. The van der Waals surface area contributed by atoms with Crippen LogP contribution in [0.25, 0.3) is 0 Å². The SMILES string of the molecule is COc1ccc(C(=O)N(CCBr)CC(F)F)c(O)c1. The van der Waals surface area contributed by atoms with Gasteiger partial charge in [0.1, 0.15) is 11.5 Å². The summed E-state index contributed by atoms with van der Waals surface area (Å²) in [6, 6.07) is 4.10. The van der Waals surface area contributed by atoms with Gasteiger partial charge in [-0.1, -0.05) is 15.9 Å². The average Bonchev–Trinajstić information content (AvgIpc) is 2.36. The van der Waals surface area contributed by atoms with Crippen molar-refractivity contribution >= 4 is 21.8 Å². The Bertz CT molecular complexity index is 443. The summed E-state index contributed by atoms with van der Waals surface area (Å²) in [4.78, 5) is 13.0. The van der Waals surface area contributed by atoms with Gasteiger partial charge in [0.05, 0.1) is 19.2 Å². The summed E-state index contributed by atoms with van der Waals surface area (Å²) in [5.41, 5.74) is -0.0256. The number of benzene rings is 1. The first-order valence-electron chi connectivity index (χ1n) is 5.50. The molecule has 0 saturated carbocycles. The molecule has 0 aliphatic carbocycles. The number of carbonyl (C=O) groups is 1. The van der Waals surface area contributed by atoms with Crippen molar-refractivity contribution < 1.29 is 23.4 Å².